The van der Waals surface area contributed by atoms with Gasteiger partial charge in [0.2, 0.25) is 0 Å². The summed E-state index contributed by atoms with van der Waals surface area (Å²) < 4.78 is 0. The predicted octanol–water partition coefficient (Wildman–Crippen LogP) is 12.4. The zero-order valence-corrected chi connectivity index (χ0v) is 31.9. The van der Waals surface area contributed by atoms with Gasteiger partial charge in [-0.1, -0.05) is 178 Å². The van der Waals surface area contributed by atoms with Crippen LogP contribution in [0.4, 0.5) is 0 Å². The molecule has 7 rings (SSSR count). The van der Waals surface area contributed by atoms with E-state index >= 15 is 0 Å². The number of rotatable bonds is 10. The Labute approximate surface area is 329 Å². The number of allylic oxidation sites excluding steroid dienone is 6. The molecule has 0 spiro atoms. The molecule has 0 atom stereocenters. The summed E-state index contributed by atoms with van der Waals surface area (Å²) >= 11 is 0. The van der Waals surface area contributed by atoms with Crippen LogP contribution in [-0.4, -0.2) is 15.7 Å². The highest BCUT2D eigenvalue weighted by molar-refractivity contribution is 6.21. The third-order valence-electron chi connectivity index (χ3n) is 10.4. The van der Waals surface area contributed by atoms with E-state index in [0.717, 1.165) is 62.9 Å². The highest BCUT2D eigenvalue weighted by Crippen LogP contribution is 2.36. The number of nitrogens with zero attached hydrogens (tertiary/aromatic N) is 5. The van der Waals surface area contributed by atoms with Crippen molar-refractivity contribution >= 4 is 17.0 Å². The molecule has 270 valence electrons. The fourth-order valence-corrected chi connectivity index (χ4v) is 6.99. The molecule has 0 saturated heterocycles. The molecule has 0 fully saturated rings. The van der Waals surface area contributed by atoms with Crippen LogP contribution in [0.3, 0.4) is 0 Å². The van der Waals surface area contributed by atoms with Gasteiger partial charge in [-0.15, -0.1) is 0 Å². The maximum Gasteiger partial charge on any atom is 0.160 e. The Hall–Kier alpha value is -7.21. The third-order valence-corrected chi connectivity index (χ3v) is 10.4. The topological polar surface area (TPSA) is 85.7 Å². The van der Waals surface area contributed by atoms with Crippen molar-refractivity contribution in [3.05, 3.63) is 203 Å². The second kappa shape index (κ2) is 16.4. The molecule has 0 unspecified atom stereocenters. The van der Waals surface area contributed by atoms with Gasteiger partial charge in [0.1, 0.15) is 17.7 Å². The molecule has 0 saturated carbocycles. The average Bonchev–Trinajstić information content (AvgIpc) is 3.27. The maximum absolute atomic E-state index is 10.4. The van der Waals surface area contributed by atoms with E-state index in [4.69, 9.17) is 15.0 Å². The van der Waals surface area contributed by atoms with E-state index in [2.05, 4.69) is 99.3 Å². The average molecular weight is 724 g/mol. The van der Waals surface area contributed by atoms with Gasteiger partial charge in [0.05, 0.1) is 28.4 Å². The molecular weight excluding hydrogens is 683 g/mol. The number of aromatic nitrogens is 2. The largest absolute Gasteiger partial charge is 0.247 e. The number of hydrogen-bond acceptors (Lipinski definition) is 5. The molecule has 0 N–H and O–H groups in total. The fraction of sp³-hybridized carbons (Fsp3) is 0.118. The van der Waals surface area contributed by atoms with E-state index in [-0.39, 0.29) is 5.41 Å². The van der Waals surface area contributed by atoms with Crippen LogP contribution >= 0.6 is 0 Å². The summed E-state index contributed by atoms with van der Waals surface area (Å²) in [6, 6.07) is 51.1. The number of nitriles is 2. The Bertz CT molecular complexity index is 2540. The summed E-state index contributed by atoms with van der Waals surface area (Å²) in [6.45, 7) is 10.8. The van der Waals surface area contributed by atoms with Crippen molar-refractivity contribution in [2.45, 2.75) is 39.0 Å². The van der Waals surface area contributed by atoms with Crippen molar-refractivity contribution < 1.29 is 0 Å². The Kier molecular flexibility index (Phi) is 10.9. The first kappa shape index (κ1) is 37.1. The minimum Gasteiger partial charge on any atom is -0.247 e. The molecule has 0 radical (unpaired) electrons. The van der Waals surface area contributed by atoms with Crippen LogP contribution in [0, 0.1) is 22.7 Å². The molecule has 1 aliphatic rings. The van der Waals surface area contributed by atoms with E-state index in [1.807, 2.05) is 97.9 Å². The van der Waals surface area contributed by atoms with E-state index in [9.17, 15) is 10.5 Å². The monoisotopic (exact) mass is 723 g/mol. The molecule has 5 aromatic carbocycles. The lowest BCUT2D eigenvalue weighted by molar-refractivity contribution is 0.641. The summed E-state index contributed by atoms with van der Waals surface area (Å²) in [7, 11) is 0. The van der Waals surface area contributed by atoms with Crippen LogP contribution in [0.1, 0.15) is 61.4 Å². The molecule has 0 bridgehead atoms. The van der Waals surface area contributed by atoms with Gasteiger partial charge < -0.3 is 0 Å². The number of hydrogen-bond donors (Lipinski definition) is 0. The van der Waals surface area contributed by atoms with E-state index in [0.29, 0.717) is 39.8 Å². The Balaban J connectivity index is 1.19. The van der Waals surface area contributed by atoms with Crippen LogP contribution in [0.15, 0.2) is 180 Å². The zero-order chi connectivity index (χ0) is 39.1. The normalized spacial score (nSPS) is 13.2. The summed E-state index contributed by atoms with van der Waals surface area (Å²) in [5.41, 5.74) is 11.6. The summed E-state index contributed by atoms with van der Waals surface area (Å²) in [4.78, 5) is 14.9. The Morgan fingerprint density at radius 3 is 1.70 bits per heavy atom. The quantitative estimate of drug-likeness (QED) is 0.104. The van der Waals surface area contributed by atoms with Gasteiger partial charge in [-0.05, 0) is 53.2 Å². The van der Waals surface area contributed by atoms with Gasteiger partial charge in [-0.25, -0.2) is 15.0 Å². The number of aliphatic imine (C=N–C) groups is 1. The van der Waals surface area contributed by atoms with Gasteiger partial charge in [0.15, 0.2) is 5.82 Å². The molecule has 6 aromatic rings. The van der Waals surface area contributed by atoms with E-state index in [1.165, 1.54) is 0 Å². The van der Waals surface area contributed by atoms with Crippen LogP contribution in [0.2, 0.25) is 0 Å². The second-order valence-corrected chi connectivity index (χ2v) is 14.3. The van der Waals surface area contributed by atoms with Gasteiger partial charge in [0, 0.05) is 22.1 Å². The number of benzene rings is 5. The van der Waals surface area contributed by atoms with Crippen LogP contribution in [-0.2, 0) is 5.41 Å². The first-order chi connectivity index (χ1) is 27.3. The van der Waals surface area contributed by atoms with Crippen LogP contribution in [0.25, 0.3) is 45.2 Å². The fourth-order valence-electron chi connectivity index (χ4n) is 6.99. The highest BCUT2D eigenvalue weighted by Gasteiger charge is 2.25. The lowest BCUT2D eigenvalue weighted by Gasteiger charge is -2.26. The van der Waals surface area contributed by atoms with Gasteiger partial charge >= 0.3 is 0 Å². The van der Waals surface area contributed by atoms with Crippen molar-refractivity contribution in [2.75, 3.05) is 0 Å². The summed E-state index contributed by atoms with van der Waals surface area (Å²) in [6.07, 6.45) is 8.20. The van der Waals surface area contributed by atoms with Gasteiger partial charge in [-0.3, -0.25) is 0 Å². The molecule has 0 aliphatic heterocycles. The first-order valence-electron chi connectivity index (χ1n) is 18.7. The van der Waals surface area contributed by atoms with Gasteiger partial charge in [-0.2, -0.15) is 10.5 Å². The Morgan fingerprint density at radius 2 is 1.20 bits per heavy atom. The van der Waals surface area contributed by atoms with Crippen molar-refractivity contribution in [2.24, 2.45) is 4.99 Å². The van der Waals surface area contributed by atoms with Crippen molar-refractivity contribution in [3.8, 4) is 46.0 Å². The molecule has 0 amide bonds. The molecule has 5 nitrogen and oxygen atoms in total. The van der Waals surface area contributed by atoms with Crippen molar-refractivity contribution in [1.82, 2.24) is 9.97 Å². The highest BCUT2D eigenvalue weighted by atomic mass is 14.9. The van der Waals surface area contributed by atoms with Crippen molar-refractivity contribution in [3.63, 3.8) is 0 Å². The SMILES string of the molecule is C=C(/N=C(C1=CCCC=C1)\C(C#N)=C(/C)c1ccccc1)c1ccc(C(C)(C)c2ccc(-c3nc(-c4ccccc4)c(C#N)c(-c4ccccc4)n3)cc2)cc1. The lowest BCUT2D eigenvalue weighted by Crippen LogP contribution is -2.18. The van der Waals surface area contributed by atoms with Crippen LogP contribution < -0.4 is 0 Å². The molecule has 5 heteroatoms. The predicted molar refractivity (Wildman–Crippen MR) is 229 cm³/mol. The molecule has 56 heavy (non-hydrogen) atoms. The summed E-state index contributed by atoms with van der Waals surface area (Å²) in [5, 5.41) is 20.7. The molecule has 1 aromatic heterocycles. The smallest absolute Gasteiger partial charge is 0.160 e. The first-order valence-corrected chi connectivity index (χ1v) is 18.7. The van der Waals surface area contributed by atoms with E-state index < -0.39 is 0 Å². The minimum atomic E-state index is -0.329. The molecular formula is C51H41N5. The summed E-state index contributed by atoms with van der Waals surface area (Å²) in [5.74, 6) is 0.557. The van der Waals surface area contributed by atoms with E-state index in [1.54, 1.807) is 0 Å². The standard InChI is InChI=1S/C51H41N5/c1-35(37-17-9-5-10-18-37)45(33-52)47(39-19-11-6-12-20-39)54-36(2)38-25-29-43(30-26-38)51(3,4)44-31-27-42(28-32-44)50-55-48(40-21-13-7-14-22-40)46(34-53)49(56-50)41-23-15-8-16-24-41/h5,7-11,13-32H,2,6,12H2,1,3-4H3/b45-35+,54-47-. The Morgan fingerprint density at radius 1 is 0.661 bits per heavy atom. The molecule has 1 aliphatic carbocycles. The van der Waals surface area contributed by atoms with Crippen molar-refractivity contribution in [1.29, 1.82) is 10.5 Å². The lowest BCUT2D eigenvalue weighted by atomic mass is 9.77. The van der Waals surface area contributed by atoms with Gasteiger partial charge in [0.25, 0.3) is 0 Å². The maximum atomic E-state index is 10.4. The minimum absolute atomic E-state index is 0.329. The third kappa shape index (κ3) is 7.71. The zero-order valence-electron chi connectivity index (χ0n) is 31.9. The second-order valence-electron chi connectivity index (χ2n) is 14.3. The van der Waals surface area contributed by atoms with Crippen LogP contribution in [0.5, 0.6) is 0 Å². The molecule has 1 heterocycles.